The van der Waals surface area contributed by atoms with E-state index in [-0.39, 0.29) is 12.5 Å². The van der Waals surface area contributed by atoms with Crippen molar-refractivity contribution in [2.24, 2.45) is 0 Å². The summed E-state index contributed by atoms with van der Waals surface area (Å²) in [6.45, 7) is 6.09. The summed E-state index contributed by atoms with van der Waals surface area (Å²) >= 11 is 0. The highest BCUT2D eigenvalue weighted by Crippen LogP contribution is 2.04. The van der Waals surface area contributed by atoms with Crippen molar-refractivity contribution in [2.45, 2.75) is 26.3 Å². The molecule has 0 aromatic carbocycles. The number of hydrogen-bond acceptors (Lipinski definition) is 4. The van der Waals surface area contributed by atoms with E-state index in [9.17, 15) is 14.4 Å². The van der Waals surface area contributed by atoms with Gasteiger partial charge in [0.2, 0.25) is 5.91 Å². The van der Waals surface area contributed by atoms with E-state index in [2.05, 4.69) is 5.32 Å². The van der Waals surface area contributed by atoms with Gasteiger partial charge < -0.3 is 20.2 Å². The maximum atomic E-state index is 11.9. The summed E-state index contributed by atoms with van der Waals surface area (Å²) in [5.74, 6) is -1.38. The summed E-state index contributed by atoms with van der Waals surface area (Å²) in [7, 11) is 0. The van der Waals surface area contributed by atoms with Gasteiger partial charge in [-0.1, -0.05) is 0 Å². The number of hydrogen-bond donors (Lipinski definition) is 2. The molecule has 1 fully saturated rings. The van der Waals surface area contributed by atoms with E-state index in [1.54, 1.807) is 18.7 Å². The molecule has 19 heavy (non-hydrogen) atoms. The fourth-order valence-corrected chi connectivity index (χ4v) is 1.77. The normalized spacial score (nSPS) is 16.2. The lowest BCUT2D eigenvalue weighted by atomic mass is 10.1. The molecule has 1 aliphatic heterocycles. The van der Waals surface area contributed by atoms with Gasteiger partial charge in [0, 0.05) is 33.1 Å². The molecule has 7 heteroatoms. The molecule has 3 amide bonds. The molecule has 0 aromatic heterocycles. The Labute approximate surface area is 112 Å². The SMILES string of the molecule is CC(=O)N1CCN(C(=O)C(=O)NC(C)(C)CO)CC1. The second kappa shape index (κ2) is 6.01. The molecule has 0 spiro atoms. The number of aliphatic hydroxyl groups is 1. The van der Waals surface area contributed by atoms with Gasteiger partial charge in [-0.15, -0.1) is 0 Å². The smallest absolute Gasteiger partial charge is 0.312 e. The maximum Gasteiger partial charge on any atom is 0.312 e. The molecule has 0 radical (unpaired) electrons. The molecule has 1 saturated heterocycles. The molecule has 0 atom stereocenters. The van der Waals surface area contributed by atoms with Crippen LogP contribution in [0.15, 0.2) is 0 Å². The molecule has 0 unspecified atom stereocenters. The van der Waals surface area contributed by atoms with Crippen LogP contribution in [0.25, 0.3) is 0 Å². The summed E-state index contributed by atoms with van der Waals surface area (Å²) in [5, 5.41) is 11.5. The van der Waals surface area contributed by atoms with Crippen molar-refractivity contribution in [1.82, 2.24) is 15.1 Å². The lowest BCUT2D eigenvalue weighted by molar-refractivity contribution is -0.149. The van der Waals surface area contributed by atoms with Crippen LogP contribution in [-0.4, -0.2) is 71.0 Å². The van der Waals surface area contributed by atoms with E-state index in [0.717, 1.165) is 0 Å². The van der Waals surface area contributed by atoms with Crippen molar-refractivity contribution in [3.63, 3.8) is 0 Å². The fourth-order valence-electron chi connectivity index (χ4n) is 1.77. The monoisotopic (exact) mass is 271 g/mol. The predicted octanol–water partition coefficient (Wildman–Crippen LogP) is -1.44. The van der Waals surface area contributed by atoms with Gasteiger partial charge in [0.1, 0.15) is 0 Å². The van der Waals surface area contributed by atoms with Crippen LogP contribution < -0.4 is 5.32 Å². The van der Waals surface area contributed by atoms with Gasteiger partial charge in [-0.3, -0.25) is 14.4 Å². The molecular weight excluding hydrogens is 250 g/mol. The van der Waals surface area contributed by atoms with Crippen LogP contribution >= 0.6 is 0 Å². The zero-order chi connectivity index (χ0) is 14.6. The second-order valence-electron chi connectivity index (χ2n) is 5.29. The van der Waals surface area contributed by atoms with Gasteiger partial charge in [-0.25, -0.2) is 0 Å². The van der Waals surface area contributed by atoms with Crippen molar-refractivity contribution < 1.29 is 19.5 Å². The Kier molecular flexibility index (Phi) is 4.88. The van der Waals surface area contributed by atoms with Crippen molar-refractivity contribution >= 4 is 17.7 Å². The van der Waals surface area contributed by atoms with Gasteiger partial charge in [0.15, 0.2) is 0 Å². The topological polar surface area (TPSA) is 90.0 Å². The van der Waals surface area contributed by atoms with Crippen LogP contribution in [0.4, 0.5) is 0 Å². The number of carbonyl (C=O) groups is 3. The van der Waals surface area contributed by atoms with Crippen molar-refractivity contribution in [3.05, 3.63) is 0 Å². The van der Waals surface area contributed by atoms with Crippen LogP contribution in [-0.2, 0) is 14.4 Å². The summed E-state index contributed by atoms with van der Waals surface area (Å²) < 4.78 is 0. The van der Waals surface area contributed by atoms with Crippen molar-refractivity contribution in [3.8, 4) is 0 Å². The van der Waals surface area contributed by atoms with Gasteiger partial charge >= 0.3 is 11.8 Å². The molecule has 0 aromatic rings. The van der Waals surface area contributed by atoms with E-state index in [1.165, 1.54) is 11.8 Å². The highest BCUT2D eigenvalue weighted by atomic mass is 16.3. The first-order valence-electron chi connectivity index (χ1n) is 6.24. The van der Waals surface area contributed by atoms with Crippen LogP contribution in [0.1, 0.15) is 20.8 Å². The molecule has 2 N–H and O–H groups in total. The minimum Gasteiger partial charge on any atom is -0.394 e. The fraction of sp³-hybridized carbons (Fsp3) is 0.750. The Hall–Kier alpha value is -1.63. The van der Waals surface area contributed by atoms with Crippen LogP contribution in [0.3, 0.4) is 0 Å². The largest absolute Gasteiger partial charge is 0.394 e. The van der Waals surface area contributed by atoms with Crippen LogP contribution in [0.5, 0.6) is 0 Å². The highest BCUT2D eigenvalue weighted by molar-refractivity contribution is 6.35. The Bertz CT molecular complexity index is 373. The number of amides is 3. The van der Waals surface area contributed by atoms with E-state index >= 15 is 0 Å². The molecule has 1 aliphatic rings. The van der Waals surface area contributed by atoms with E-state index < -0.39 is 17.4 Å². The minimum absolute atomic E-state index is 0.0297. The number of nitrogens with one attached hydrogen (secondary N) is 1. The third-order valence-corrected chi connectivity index (χ3v) is 3.05. The minimum atomic E-state index is -0.825. The molecule has 7 nitrogen and oxygen atoms in total. The quantitative estimate of drug-likeness (QED) is 0.602. The lowest BCUT2D eigenvalue weighted by Gasteiger charge is -2.34. The Morgan fingerprint density at radius 1 is 1.11 bits per heavy atom. The first kappa shape index (κ1) is 15.4. The first-order valence-corrected chi connectivity index (χ1v) is 6.24. The molecule has 0 aliphatic carbocycles. The summed E-state index contributed by atoms with van der Waals surface area (Å²) in [5.41, 5.74) is -0.825. The Morgan fingerprint density at radius 3 is 2.00 bits per heavy atom. The second-order valence-corrected chi connectivity index (χ2v) is 5.29. The zero-order valence-electron chi connectivity index (χ0n) is 11.6. The van der Waals surface area contributed by atoms with Crippen LogP contribution in [0.2, 0.25) is 0 Å². The molecular formula is C12H21N3O4. The van der Waals surface area contributed by atoms with Crippen LogP contribution in [0, 0.1) is 0 Å². The lowest BCUT2D eigenvalue weighted by Crippen LogP contribution is -2.56. The standard InChI is InChI=1S/C12H21N3O4/c1-9(17)14-4-6-15(7-5-14)11(19)10(18)13-12(2,3)8-16/h16H,4-8H2,1-3H3,(H,13,18). The van der Waals surface area contributed by atoms with E-state index in [0.29, 0.717) is 26.2 Å². The average Bonchev–Trinajstić information content (AvgIpc) is 2.37. The van der Waals surface area contributed by atoms with E-state index in [1.807, 2.05) is 0 Å². The predicted molar refractivity (Wildman–Crippen MR) is 68.1 cm³/mol. The molecule has 1 rings (SSSR count). The number of rotatable bonds is 2. The molecule has 1 heterocycles. The Morgan fingerprint density at radius 2 is 1.58 bits per heavy atom. The first-order chi connectivity index (χ1) is 8.76. The third kappa shape index (κ3) is 4.20. The molecule has 108 valence electrons. The third-order valence-electron chi connectivity index (χ3n) is 3.05. The van der Waals surface area contributed by atoms with Gasteiger partial charge in [-0.2, -0.15) is 0 Å². The highest BCUT2D eigenvalue weighted by Gasteiger charge is 2.29. The average molecular weight is 271 g/mol. The van der Waals surface area contributed by atoms with Gasteiger partial charge in [0.05, 0.1) is 12.1 Å². The molecule has 0 bridgehead atoms. The van der Waals surface area contributed by atoms with E-state index in [4.69, 9.17) is 5.11 Å². The number of piperazine rings is 1. The number of carbonyl (C=O) groups excluding carboxylic acids is 3. The van der Waals surface area contributed by atoms with Crippen molar-refractivity contribution in [2.75, 3.05) is 32.8 Å². The Balaban J connectivity index is 2.51. The summed E-state index contributed by atoms with van der Waals surface area (Å²) in [4.78, 5) is 37.8. The number of aliphatic hydroxyl groups excluding tert-OH is 1. The summed E-state index contributed by atoms with van der Waals surface area (Å²) in [6.07, 6.45) is 0. The molecule has 0 saturated carbocycles. The van der Waals surface area contributed by atoms with Gasteiger partial charge in [0.25, 0.3) is 0 Å². The van der Waals surface area contributed by atoms with Crippen molar-refractivity contribution in [1.29, 1.82) is 0 Å². The maximum absolute atomic E-state index is 11.9. The number of nitrogens with zero attached hydrogens (tertiary/aromatic N) is 2. The van der Waals surface area contributed by atoms with Gasteiger partial charge in [-0.05, 0) is 13.8 Å². The zero-order valence-corrected chi connectivity index (χ0v) is 11.6. The summed E-state index contributed by atoms with van der Waals surface area (Å²) in [6, 6.07) is 0.